The smallest absolute Gasteiger partial charge is 0.0873 e. The average molecular weight is 288 g/mol. The molecular weight excluding hydrogens is 260 g/mol. The van der Waals surface area contributed by atoms with E-state index in [2.05, 4.69) is 38.3 Å². The van der Waals surface area contributed by atoms with Crippen molar-refractivity contribution in [2.75, 3.05) is 13.2 Å². The fourth-order valence-corrected chi connectivity index (χ4v) is 2.38. The largest absolute Gasteiger partial charge is 0.502 e. The van der Waals surface area contributed by atoms with Crippen LogP contribution in [0.3, 0.4) is 0 Å². The van der Waals surface area contributed by atoms with Crippen molar-refractivity contribution in [1.29, 1.82) is 0 Å². The van der Waals surface area contributed by atoms with E-state index in [4.69, 9.17) is 9.47 Å². The molecule has 0 heterocycles. The van der Waals surface area contributed by atoms with Crippen LogP contribution < -0.4 is 0 Å². The summed E-state index contributed by atoms with van der Waals surface area (Å²) in [6.07, 6.45) is 9.75. The third-order valence-electron chi connectivity index (χ3n) is 3.58. The van der Waals surface area contributed by atoms with E-state index >= 15 is 0 Å². The molecule has 0 amide bonds. The van der Waals surface area contributed by atoms with E-state index in [-0.39, 0.29) is 0 Å². The van der Waals surface area contributed by atoms with Gasteiger partial charge in [0.05, 0.1) is 25.7 Å². The topological polar surface area (TPSA) is 18.5 Å². The van der Waals surface area contributed by atoms with Gasteiger partial charge >= 0.3 is 0 Å². The second-order valence-electron chi connectivity index (χ2n) is 5.25. The minimum absolute atomic E-state index is 0.771. The fourth-order valence-electron chi connectivity index (χ4n) is 2.38. The van der Waals surface area contributed by atoms with Crippen molar-refractivity contribution in [3.05, 3.63) is 60.6 Å². The molecular formula is C19H28O2. The normalized spacial score (nSPS) is 10.1. The third kappa shape index (κ3) is 7.60. The molecule has 0 aliphatic heterocycles. The van der Waals surface area contributed by atoms with Gasteiger partial charge in [-0.2, -0.15) is 0 Å². The van der Waals surface area contributed by atoms with Crippen LogP contribution in [0.2, 0.25) is 0 Å². The highest BCUT2D eigenvalue weighted by atomic mass is 16.5. The lowest BCUT2D eigenvalue weighted by molar-refractivity contribution is 0.243. The van der Waals surface area contributed by atoms with Crippen molar-refractivity contribution in [2.24, 2.45) is 0 Å². The molecule has 1 rings (SSSR count). The number of ether oxygens (including phenoxy) is 2. The van der Waals surface area contributed by atoms with Gasteiger partial charge in [-0.05, 0) is 62.1 Å². The molecule has 0 radical (unpaired) electrons. The highest BCUT2D eigenvalue weighted by Gasteiger charge is 2.01. The Kier molecular flexibility index (Phi) is 9.10. The summed E-state index contributed by atoms with van der Waals surface area (Å²) in [5.74, 6) is 0. The molecule has 0 aliphatic carbocycles. The molecule has 0 saturated carbocycles. The number of hydrogen-bond acceptors (Lipinski definition) is 2. The number of benzene rings is 1. The van der Waals surface area contributed by atoms with Crippen molar-refractivity contribution in [2.45, 2.75) is 45.4 Å². The van der Waals surface area contributed by atoms with Gasteiger partial charge in [0.1, 0.15) is 0 Å². The zero-order chi connectivity index (χ0) is 15.3. The number of hydrogen-bond donors (Lipinski definition) is 0. The Morgan fingerprint density at radius 2 is 1.52 bits per heavy atom. The van der Waals surface area contributed by atoms with Gasteiger partial charge in [0, 0.05) is 0 Å². The molecule has 0 bridgehead atoms. The number of rotatable bonds is 12. The Morgan fingerprint density at radius 3 is 2.10 bits per heavy atom. The first-order valence-corrected chi connectivity index (χ1v) is 7.81. The summed E-state index contributed by atoms with van der Waals surface area (Å²) in [4.78, 5) is 0. The maximum Gasteiger partial charge on any atom is 0.0873 e. The standard InChI is InChI=1S/C19H28O2/c1-4-20-14-8-6-10-18-12-13-19(17(3)16-18)11-7-9-15-21-5-2/h4-5,12-13,16H,1-2,6-11,14-15H2,3H3. The minimum Gasteiger partial charge on any atom is -0.502 e. The van der Waals surface area contributed by atoms with E-state index in [9.17, 15) is 0 Å². The first-order chi connectivity index (χ1) is 10.3. The van der Waals surface area contributed by atoms with Crippen molar-refractivity contribution >= 4 is 0 Å². The van der Waals surface area contributed by atoms with Crippen LogP contribution in [0.4, 0.5) is 0 Å². The van der Waals surface area contributed by atoms with E-state index in [0.717, 1.165) is 51.7 Å². The van der Waals surface area contributed by atoms with Crippen LogP contribution in [0.5, 0.6) is 0 Å². The quantitative estimate of drug-likeness (QED) is 0.400. The summed E-state index contributed by atoms with van der Waals surface area (Å²) in [5.41, 5.74) is 4.27. The lowest BCUT2D eigenvalue weighted by Gasteiger charge is -2.09. The van der Waals surface area contributed by atoms with Crippen molar-refractivity contribution in [3.8, 4) is 0 Å². The summed E-state index contributed by atoms with van der Waals surface area (Å²) < 4.78 is 10.3. The van der Waals surface area contributed by atoms with Gasteiger partial charge in [0.15, 0.2) is 0 Å². The Bertz CT molecular complexity index is 424. The van der Waals surface area contributed by atoms with E-state index in [1.54, 1.807) is 0 Å². The number of aryl methyl sites for hydroxylation is 3. The highest BCUT2D eigenvalue weighted by Crippen LogP contribution is 2.15. The Balaban J connectivity index is 2.30. The van der Waals surface area contributed by atoms with E-state index < -0.39 is 0 Å². The van der Waals surface area contributed by atoms with Crippen LogP contribution in [-0.4, -0.2) is 13.2 Å². The maximum absolute atomic E-state index is 5.14. The maximum atomic E-state index is 5.14. The molecule has 0 N–H and O–H groups in total. The van der Waals surface area contributed by atoms with Crippen LogP contribution in [0.1, 0.15) is 42.4 Å². The summed E-state index contributed by atoms with van der Waals surface area (Å²) in [7, 11) is 0. The summed E-state index contributed by atoms with van der Waals surface area (Å²) in [6, 6.07) is 6.86. The summed E-state index contributed by atoms with van der Waals surface area (Å²) in [6.45, 7) is 10.8. The summed E-state index contributed by atoms with van der Waals surface area (Å²) >= 11 is 0. The second-order valence-corrected chi connectivity index (χ2v) is 5.25. The molecule has 21 heavy (non-hydrogen) atoms. The molecule has 0 fully saturated rings. The van der Waals surface area contributed by atoms with E-state index in [1.807, 2.05) is 0 Å². The van der Waals surface area contributed by atoms with Gasteiger partial charge in [0.25, 0.3) is 0 Å². The molecule has 0 unspecified atom stereocenters. The first kappa shape index (κ1) is 17.4. The first-order valence-electron chi connectivity index (χ1n) is 7.81. The predicted octanol–water partition coefficient (Wildman–Crippen LogP) is 4.96. The second kappa shape index (κ2) is 11.0. The van der Waals surface area contributed by atoms with Gasteiger partial charge in [0.2, 0.25) is 0 Å². The Morgan fingerprint density at radius 1 is 0.905 bits per heavy atom. The fraction of sp³-hybridized carbons (Fsp3) is 0.474. The monoisotopic (exact) mass is 288 g/mol. The molecule has 1 aromatic carbocycles. The lowest BCUT2D eigenvalue weighted by Crippen LogP contribution is -1.96. The van der Waals surface area contributed by atoms with Crippen LogP contribution >= 0.6 is 0 Å². The van der Waals surface area contributed by atoms with E-state index in [0.29, 0.717) is 0 Å². The zero-order valence-corrected chi connectivity index (χ0v) is 13.3. The van der Waals surface area contributed by atoms with Gasteiger partial charge in [-0.1, -0.05) is 31.4 Å². The molecule has 116 valence electrons. The predicted molar refractivity (Wildman–Crippen MR) is 89.4 cm³/mol. The molecule has 0 spiro atoms. The zero-order valence-electron chi connectivity index (χ0n) is 13.3. The van der Waals surface area contributed by atoms with Crippen molar-refractivity contribution in [3.63, 3.8) is 0 Å². The van der Waals surface area contributed by atoms with Crippen molar-refractivity contribution in [1.82, 2.24) is 0 Å². The van der Waals surface area contributed by atoms with Gasteiger partial charge in [-0.15, -0.1) is 0 Å². The average Bonchev–Trinajstić information content (AvgIpc) is 2.48. The van der Waals surface area contributed by atoms with Gasteiger partial charge < -0.3 is 9.47 Å². The lowest BCUT2D eigenvalue weighted by atomic mass is 9.98. The van der Waals surface area contributed by atoms with Crippen LogP contribution in [-0.2, 0) is 22.3 Å². The number of unbranched alkanes of at least 4 members (excludes halogenated alkanes) is 2. The molecule has 0 saturated heterocycles. The van der Waals surface area contributed by atoms with Crippen molar-refractivity contribution < 1.29 is 9.47 Å². The molecule has 0 aliphatic rings. The Labute approximate surface area is 129 Å². The SMILES string of the molecule is C=COCCCCc1ccc(CCCCOC=C)c(C)c1. The highest BCUT2D eigenvalue weighted by molar-refractivity contribution is 5.31. The summed E-state index contributed by atoms with van der Waals surface area (Å²) in [5, 5.41) is 0. The third-order valence-corrected chi connectivity index (χ3v) is 3.58. The minimum atomic E-state index is 0.771. The molecule has 0 aromatic heterocycles. The molecule has 1 aromatic rings. The molecule has 2 nitrogen and oxygen atoms in total. The van der Waals surface area contributed by atoms with Gasteiger partial charge in [-0.3, -0.25) is 0 Å². The molecule has 0 atom stereocenters. The van der Waals surface area contributed by atoms with Crippen LogP contribution in [0.15, 0.2) is 43.9 Å². The Hall–Kier alpha value is -1.70. The van der Waals surface area contributed by atoms with Crippen LogP contribution in [0.25, 0.3) is 0 Å². The van der Waals surface area contributed by atoms with Gasteiger partial charge in [-0.25, -0.2) is 0 Å². The molecule has 2 heteroatoms. The van der Waals surface area contributed by atoms with E-state index in [1.165, 1.54) is 29.2 Å². The van der Waals surface area contributed by atoms with Crippen LogP contribution in [0, 0.1) is 6.92 Å².